The number of carboxylic acids is 1. The molecule has 0 atom stereocenters. The minimum Gasteiger partial charge on any atom is -0.481 e. The zero-order chi connectivity index (χ0) is 17.2. The van der Waals surface area contributed by atoms with E-state index in [1.54, 1.807) is 0 Å². The van der Waals surface area contributed by atoms with Gasteiger partial charge in [0.1, 0.15) is 0 Å². The number of hydrogen-bond acceptors (Lipinski definition) is 1. The first-order valence-electron chi connectivity index (χ1n) is 9.03. The Morgan fingerprint density at radius 1 is 0.870 bits per heavy atom. The summed E-state index contributed by atoms with van der Waals surface area (Å²) >= 11 is 0. The summed E-state index contributed by atoms with van der Waals surface area (Å²) in [7, 11) is 0. The van der Waals surface area contributed by atoms with Gasteiger partial charge in [-0.15, -0.1) is 0 Å². The fourth-order valence-electron chi connectivity index (χ4n) is 2.19. The van der Waals surface area contributed by atoms with Crippen molar-refractivity contribution in [1.82, 2.24) is 0 Å². The van der Waals surface area contributed by atoms with Gasteiger partial charge in [0.2, 0.25) is 0 Å². The van der Waals surface area contributed by atoms with E-state index in [-0.39, 0.29) is 18.7 Å². The second-order valence-corrected chi connectivity index (χ2v) is 5.86. The van der Waals surface area contributed by atoms with Gasteiger partial charge in [0.15, 0.2) is 0 Å². The molecule has 0 radical (unpaired) electrons. The van der Waals surface area contributed by atoms with Crippen LogP contribution in [0.4, 0.5) is 4.39 Å². The minimum absolute atomic E-state index is 0.0319. The van der Waals surface area contributed by atoms with Crippen molar-refractivity contribution in [3.8, 4) is 0 Å². The van der Waals surface area contributed by atoms with E-state index in [1.807, 2.05) is 6.08 Å². The van der Waals surface area contributed by atoms with Gasteiger partial charge < -0.3 is 5.11 Å². The predicted octanol–water partition coefficient (Wildman–Crippen LogP) is 6.74. The van der Waals surface area contributed by atoms with Crippen LogP contribution in [0.25, 0.3) is 0 Å². The summed E-state index contributed by atoms with van der Waals surface area (Å²) in [5.41, 5.74) is 0. The van der Waals surface area contributed by atoms with Gasteiger partial charge >= 0.3 is 5.97 Å². The predicted molar refractivity (Wildman–Crippen MR) is 96.2 cm³/mol. The van der Waals surface area contributed by atoms with E-state index in [2.05, 4.69) is 25.2 Å². The van der Waals surface area contributed by atoms with Crippen molar-refractivity contribution in [2.45, 2.75) is 84.0 Å². The van der Waals surface area contributed by atoms with Gasteiger partial charge in [-0.2, -0.15) is 0 Å². The highest BCUT2D eigenvalue weighted by Gasteiger charge is 1.98. The first kappa shape index (κ1) is 21.6. The van der Waals surface area contributed by atoms with Gasteiger partial charge in [0, 0.05) is 6.42 Å². The van der Waals surface area contributed by atoms with Crippen LogP contribution in [0.1, 0.15) is 84.0 Å². The highest BCUT2D eigenvalue weighted by Crippen LogP contribution is 2.10. The Labute approximate surface area is 141 Å². The number of hydrogen-bond donors (Lipinski definition) is 1. The molecule has 0 aromatic heterocycles. The van der Waals surface area contributed by atoms with Crippen molar-refractivity contribution < 1.29 is 14.3 Å². The lowest BCUT2D eigenvalue weighted by atomic mass is 10.1. The van der Waals surface area contributed by atoms with Crippen molar-refractivity contribution in [2.75, 3.05) is 0 Å². The number of halogens is 1. The molecule has 132 valence electrons. The average Bonchev–Trinajstić information content (AvgIpc) is 2.51. The van der Waals surface area contributed by atoms with Crippen molar-refractivity contribution in [3.63, 3.8) is 0 Å². The summed E-state index contributed by atoms with van der Waals surface area (Å²) in [6.45, 7) is 2.22. The summed E-state index contributed by atoms with van der Waals surface area (Å²) in [5.74, 6) is -1.07. The van der Waals surface area contributed by atoms with Gasteiger partial charge in [-0.3, -0.25) is 4.79 Å². The van der Waals surface area contributed by atoms with Gasteiger partial charge in [0.05, 0.1) is 5.83 Å². The molecule has 0 unspecified atom stereocenters. The molecular weight excluding hydrogens is 291 g/mol. The van der Waals surface area contributed by atoms with Crippen molar-refractivity contribution in [2.24, 2.45) is 0 Å². The van der Waals surface area contributed by atoms with Gasteiger partial charge in [-0.05, 0) is 63.9 Å². The highest BCUT2D eigenvalue weighted by atomic mass is 19.1. The number of unbranched alkanes of at least 4 members (excludes halogenated alkanes) is 6. The molecule has 0 rings (SSSR count). The number of aliphatic carboxylic acids is 1. The summed E-state index contributed by atoms with van der Waals surface area (Å²) < 4.78 is 13.3. The Balaban J connectivity index is 3.44. The Bertz CT molecular complexity index is 370. The van der Waals surface area contributed by atoms with Gasteiger partial charge in [-0.1, -0.05) is 44.1 Å². The van der Waals surface area contributed by atoms with Crippen LogP contribution in [0.3, 0.4) is 0 Å². The fraction of sp³-hybridized carbons (Fsp3) is 0.650. The van der Waals surface area contributed by atoms with E-state index in [4.69, 9.17) is 5.11 Å². The molecule has 23 heavy (non-hydrogen) atoms. The molecule has 0 aromatic carbocycles. The lowest BCUT2D eigenvalue weighted by Crippen LogP contribution is -1.93. The molecule has 0 aliphatic heterocycles. The maximum Gasteiger partial charge on any atom is 0.303 e. The number of carbonyl (C=O) groups is 1. The van der Waals surface area contributed by atoms with Gasteiger partial charge in [-0.25, -0.2) is 4.39 Å². The van der Waals surface area contributed by atoms with Crippen molar-refractivity contribution in [1.29, 1.82) is 0 Å². The maximum absolute atomic E-state index is 13.3. The third-order valence-corrected chi connectivity index (χ3v) is 3.58. The molecule has 3 heteroatoms. The Morgan fingerprint density at radius 3 is 2.00 bits per heavy atom. The summed E-state index contributed by atoms with van der Waals surface area (Å²) in [6.07, 6.45) is 21.1. The summed E-state index contributed by atoms with van der Waals surface area (Å²) in [4.78, 5) is 10.3. The SMILES string of the molecule is CCCCCC=CCCCCC=CCC=C(F)CCCC(=O)O. The third kappa shape index (κ3) is 18.6. The molecule has 1 N–H and O–H groups in total. The average molecular weight is 324 g/mol. The molecule has 0 bridgehead atoms. The molecule has 0 aliphatic rings. The summed E-state index contributed by atoms with van der Waals surface area (Å²) in [6, 6.07) is 0. The van der Waals surface area contributed by atoms with Crippen LogP contribution in [0.5, 0.6) is 0 Å². The van der Waals surface area contributed by atoms with E-state index >= 15 is 0 Å². The van der Waals surface area contributed by atoms with E-state index in [1.165, 1.54) is 44.6 Å². The zero-order valence-electron chi connectivity index (χ0n) is 14.6. The number of allylic oxidation sites excluding steroid dienone is 6. The van der Waals surface area contributed by atoms with E-state index < -0.39 is 5.97 Å². The molecule has 0 saturated carbocycles. The number of rotatable bonds is 15. The molecule has 0 amide bonds. The zero-order valence-corrected chi connectivity index (χ0v) is 14.6. The quantitative estimate of drug-likeness (QED) is 0.267. The van der Waals surface area contributed by atoms with E-state index in [9.17, 15) is 9.18 Å². The van der Waals surface area contributed by atoms with Crippen LogP contribution < -0.4 is 0 Å². The Hall–Kier alpha value is -1.38. The lowest BCUT2D eigenvalue weighted by Gasteiger charge is -1.95. The van der Waals surface area contributed by atoms with Crippen LogP contribution in [0.2, 0.25) is 0 Å². The largest absolute Gasteiger partial charge is 0.481 e. The molecule has 0 heterocycles. The topological polar surface area (TPSA) is 37.3 Å². The minimum atomic E-state index is -0.867. The second kappa shape index (κ2) is 17.0. The van der Waals surface area contributed by atoms with E-state index in [0.29, 0.717) is 12.8 Å². The first-order valence-corrected chi connectivity index (χ1v) is 9.03. The molecule has 0 fully saturated rings. The molecule has 2 nitrogen and oxygen atoms in total. The second-order valence-electron chi connectivity index (χ2n) is 5.86. The first-order chi connectivity index (χ1) is 11.2. The Morgan fingerprint density at radius 2 is 1.43 bits per heavy atom. The highest BCUT2D eigenvalue weighted by molar-refractivity contribution is 5.66. The van der Waals surface area contributed by atoms with Crippen LogP contribution in [-0.4, -0.2) is 11.1 Å². The van der Waals surface area contributed by atoms with Crippen molar-refractivity contribution in [3.05, 3.63) is 36.2 Å². The molecule has 0 spiro atoms. The van der Waals surface area contributed by atoms with Crippen molar-refractivity contribution >= 4 is 5.97 Å². The van der Waals surface area contributed by atoms with Crippen LogP contribution >= 0.6 is 0 Å². The smallest absolute Gasteiger partial charge is 0.303 e. The standard InChI is InChI=1S/C20H33FO2/c1-2-3-4-5-6-7-8-9-10-11-12-13-14-16-19(21)17-15-18-20(22)23/h6-7,12-13,16H,2-5,8-11,14-15,17-18H2,1H3,(H,22,23). The molecule has 0 saturated heterocycles. The van der Waals surface area contributed by atoms with Crippen LogP contribution in [-0.2, 0) is 4.79 Å². The fourth-order valence-corrected chi connectivity index (χ4v) is 2.19. The molecule has 0 aromatic rings. The lowest BCUT2D eigenvalue weighted by molar-refractivity contribution is -0.137. The van der Waals surface area contributed by atoms with E-state index in [0.717, 1.165) is 12.8 Å². The number of carboxylic acid groups (broad SMARTS) is 1. The van der Waals surface area contributed by atoms with Crippen LogP contribution in [0.15, 0.2) is 36.2 Å². The Kier molecular flexibility index (Phi) is 16.0. The third-order valence-electron chi connectivity index (χ3n) is 3.58. The molecular formula is C20H33FO2. The van der Waals surface area contributed by atoms with Gasteiger partial charge in [0.25, 0.3) is 0 Å². The molecule has 0 aliphatic carbocycles. The normalized spacial score (nSPS) is 12.5. The summed E-state index contributed by atoms with van der Waals surface area (Å²) in [5, 5.41) is 8.47. The maximum atomic E-state index is 13.3. The monoisotopic (exact) mass is 324 g/mol. The van der Waals surface area contributed by atoms with Crippen LogP contribution in [0, 0.1) is 0 Å².